The van der Waals surface area contributed by atoms with Gasteiger partial charge in [-0.1, -0.05) is 42.5 Å². The van der Waals surface area contributed by atoms with E-state index in [9.17, 15) is 14.4 Å². The number of ether oxygens (including phenoxy) is 2. The number of cyclic esters (lactones) is 1. The molecule has 0 aromatic heterocycles. The fraction of sp³-hybridized carbons (Fsp3) is 0.318. The van der Waals surface area contributed by atoms with Gasteiger partial charge in [-0.05, 0) is 30.2 Å². The molecule has 2 N–H and O–H groups in total. The third-order valence-electron chi connectivity index (χ3n) is 4.70. The van der Waals surface area contributed by atoms with Crippen LogP contribution < -0.4 is 10.6 Å². The minimum atomic E-state index is -0.799. The molecule has 158 valence electrons. The molecule has 0 aliphatic carbocycles. The van der Waals surface area contributed by atoms with Crippen molar-refractivity contribution in [2.75, 3.05) is 25.6 Å². The summed E-state index contributed by atoms with van der Waals surface area (Å²) in [5.74, 6) is -0.548. The number of amides is 3. The highest BCUT2D eigenvalue weighted by atomic mass is 16.6. The number of carbonyl (C=O) groups excluding carboxylic acids is 3. The Kier molecular flexibility index (Phi) is 7.03. The Morgan fingerprint density at radius 2 is 1.80 bits per heavy atom. The van der Waals surface area contributed by atoms with Crippen LogP contribution in [0.25, 0.3) is 0 Å². The minimum absolute atomic E-state index is 0.0459. The van der Waals surface area contributed by atoms with Crippen LogP contribution in [-0.2, 0) is 25.6 Å². The largest absolute Gasteiger partial charge is 0.438 e. The average Bonchev–Trinajstić information content (AvgIpc) is 3.06. The molecule has 8 heteroatoms. The maximum absolute atomic E-state index is 12.8. The molecule has 0 saturated carbocycles. The number of benzene rings is 2. The lowest BCUT2D eigenvalue weighted by Crippen LogP contribution is -2.46. The van der Waals surface area contributed by atoms with Crippen molar-refractivity contribution in [3.63, 3.8) is 0 Å². The van der Waals surface area contributed by atoms with Gasteiger partial charge >= 0.3 is 6.09 Å². The molecule has 0 spiro atoms. The van der Waals surface area contributed by atoms with E-state index in [1.54, 1.807) is 24.3 Å². The summed E-state index contributed by atoms with van der Waals surface area (Å²) in [5, 5.41) is 5.50. The SMILES string of the molecule is CCNC(=O)C1C(c2ccc(NC(=O)COC)cc2)OC(=O)N1Cc1ccccc1. The second-order valence-corrected chi connectivity index (χ2v) is 6.86. The number of carbonyl (C=O) groups is 3. The van der Waals surface area contributed by atoms with Crippen LogP contribution in [0.2, 0.25) is 0 Å². The Morgan fingerprint density at radius 1 is 1.10 bits per heavy atom. The molecule has 0 bridgehead atoms. The van der Waals surface area contributed by atoms with Crippen LogP contribution in [0.4, 0.5) is 10.5 Å². The standard InChI is InChI=1S/C22H25N3O5/c1-3-23-21(27)19-20(16-9-11-17(12-10-16)24-18(26)14-29-2)30-22(28)25(19)13-15-7-5-4-6-8-15/h4-12,19-20H,3,13-14H2,1-2H3,(H,23,27)(H,24,26). The van der Waals surface area contributed by atoms with E-state index in [0.29, 0.717) is 17.8 Å². The third-order valence-corrected chi connectivity index (χ3v) is 4.70. The van der Waals surface area contributed by atoms with Crippen molar-refractivity contribution < 1.29 is 23.9 Å². The van der Waals surface area contributed by atoms with E-state index in [1.807, 2.05) is 37.3 Å². The summed E-state index contributed by atoms with van der Waals surface area (Å²) < 4.78 is 10.4. The second kappa shape index (κ2) is 9.89. The van der Waals surface area contributed by atoms with Crippen LogP contribution in [0.1, 0.15) is 24.2 Å². The van der Waals surface area contributed by atoms with Gasteiger partial charge in [0.15, 0.2) is 12.1 Å². The van der Waals surface area contributed by atoms with Gasteiger partial charge in [0, 0.05) is 19.3 Å². The molecule has 8 nitrogen and oxygen atoms in total. The quantitative estimate of drug-likeness (QED) is 0.696. The molecule has 2 unspecified atom stereocenters. The van der Waals surface area contributed by atoms with Crippen LogP contribution in [-0.4, -0.2) is 49.1 Å². The number of anilines is 1. The van der Waals surface area contributed by atoms with Crippen molar-refractivity contribution in [1.29, 1.82) is 0 Å². The Morgan fingerprint density at radius 3 is 2.43 bits per heavy atom. The van der Waals surface area contributed by atoms with Gasteiger partial charge < -0.3 is 20.1 Å². The van der Waals surface area contributed by atoms with E-state index < -0.39 is 18.2 Å². The zero-order valence-corrected chi connectivity index (χ0v) is 17.0. The lowest BCUT2D eigenvalue weighted by Gasteiger charge is -2.24. The number of nitrogens with one attached hydrogen (secondary N) is 2. The van der Waals surface area contributed by atoms with Gasteiger partial charge in [-0.15, -0.1) is 0 Å². The van der Waals surface area contributed by atoms with Crippen LogP contribution in [0.3, 0.4) is 0 Å². The van der Waals surface area contributed by atoms with Crippen molar-refractivity contribution in [1.82, 2.24) is 10.2 Å². The zero-order valence-electron chi connectivity index (χ0n) is 17.0. The van der Waals surface area contributed by atoms with E-state index >= 15 is 0 Å². The van der Waals surface area contributed by atoms with E-state index in [1.165, 1.54) is 12.0 Å². The molecule has 1 saturated heterocycles. The first kappa shape index (κ1) is 21.3. The summed E-state index contributed by atoms with van der Waals surface area (Å²) in [6.07, 6.45) is -1.30. The van der Waals surface area contributed by atoms with E-state index in [-0.39, 0.29) is 25.0 Å². The summed E-state index contributed by atoms with van der Waals surface area (Å²) in [5.41, 5.74) is 2.15. The van der Waals surface area contributed by atoms with Gasteiger partial charge in [0.1, 0.15) is 6.61 Å². The second-order valence-electron chi connectivity index (χ2n) is 6.86. The van der Waals surface area contributed by atoms with Crippen LogP contribution in [0, 0.1) is 0 Å². The van der Waals surface area contributed by atoms with Gasteiger partial charge in [0.25, 0.3) is 0 Å². The van der Waals surface area contributed by atoms with Crippen molar-refractivity contribution >= 4 is 23.6 Å². The fourth-order valence-electron chi connectivity index (χ4n) is 3.35. The predicted molar refractivity (Wildman–Crippen MR) is 111 cm³/mol. The predicted octanol–water partition coefficient (Wildman–Crippen LogP) is 2.47. The molecule has 3 rings (SSSR count). The highest BCUT2D eigenvalue weighted by molar-refractivity contribution is 5.92. The van der Waals surface area contributed by atoms with E-state index in [2.05, 4.69) is 10.6 Å². The van der Waals surface area contributed by atoms with Gasteiger partial charge in [0.2, 0.25) is 11.8 Å². The molecule has 2 aromatic rings. The molecule has 0 radical (unpaired) electrons. The number of likely N-dealkylation sites (N-methyl/N-ethyl adjacent to an activating group) is 1. The van der Waals surface area contributed by atoms with Gasteiger partial charge in [-0.2, -0.15) is 0 Å². The first-order chi connectivity index (χ1) is 14.5. The summed E-state index contributed by atoms with van der Waals surface area (Å²) in [6.45, 7) is 2.49. The fourth-order valence-corrected chi connectivity index (χ4v) is 3.35. The molecule has 3 amide bonds. The minimum Gasteiger partial charge on any atom is -0.438 e. The smallest absolute Gasteiger partial charge is 0.411 e. The Balaban J connectivity index is 1.82. The summed E-state index contributed by atoms with van der Waals surface area (Å²) in [6, 6.07) is 15.5. The topological polar surface area (TPSA) is 97.0 Å². The number of hydrogen-bond donors (Lipinski definition) is 2. The monoisotopic (exact) mass is 411 g/mol. The van der Waals surface area contributed by atoms with E-state index in [4.69, 9.17) is 9.47 Å². The molecule has 1 fully saturated rings. The maximum Gasteiger partial charge on any atom is 0.411 e. The zero-order chi connectivity index (χ0) is 21.5. The van der Waals surface area contributed by atoms with Crippen LogP contribution in [0.5, 0.6) is 0 Å². The molecule has 2 aromatic carbocycles. The average molecular weight is 411 g/mol. The van der Waals surface area contributed by atoms with Crippen LogP contribution >= 0.6 is 0 Å². The molecular weight excluding hydrogens is 386 g/mol. The third kappa shape index (κ3) is 4.96. The van der Waals surface area contributed by atoms with Crippen molar-refractivity contribution in [2.24, 2.45) is 0 Å². The lowest BCUT2D eigenvalue weighted by atomic mass is 10.0. The number of rotatable bonds is 8. The molecule has 1 aliphatic heterocycles. The van der Waals surface area contributed by atoms with Crippen molar-refractivity contribution in [3.05, 3.63) is 65.7 Å². The Hall–Kier alpha value is -3.39. The summed E-state index contributed by atoms with van der Waals surface area (Å²) >= 11 is 0. The van der Waals surface area contributed by atoms with Gasteiger partial charge in [-0.25, -0.2) is 4.79 Å². The number of hydrogen-bond acceptors (Lipinski definition) is 5. The number of methoxy groups -OCH3 is 1. The summed E-state index contributed by atoms with van der Waals surface area (Å²) in [7, 11) is 1.44. The van der Waals surface area contributed by atoms with Gasteiger partial charge in [-0.3, -0.25) is 14.5 Å². The van der Waals surface area contributed by atoms with Crippen molar-refractivity contribution in [2.45, 2.75) is 25.6 Å². The number of nitrogens with zero attached hydrogens (tertiary/aromatic N) is 1. The summed E-state index contributed by atoms with van der Waals surface area (Å²) in [4.78, 5) is 38.5. The first-order valence-electron chi connectivity index (χ1n) is 9.71. The van der Waals surface area contributed by atoms with Crippen molar-refractivity contribution in [3.8, 4) is 0 Å². The first-order valence-corrected chi connectivity index (χ1v) is 9.71. The lowest BCUT2D eigenvalue weighted by molar-refractivity contribution is -0.126. The Labute approximate surface area is 175 Å². The maximum atomic E-state index is 12.8. The molecule has 1 heterocycles. The normalized spacial score (nSPS) is 18.1. The van der Waals surface area contributed by atoms with E-state index in [0.717, 1.165) is 5.56 Å². The highest BCUT2D eigenvalue weighted by Gasteiger charge is 2.46. The molecular formula is C22H25N3O5. The molecule has 1 aliphatic rings. The van der Waals surface area contributed by atoms with Gasteiger partial charge in [0.05, 0.1) is 6.54 Å². The molecule has 2 atom stereocenters. The molecule has 30 heavy (non-hydrogen) atoms. The Bertz CT molecular complexity index is 885. The van der Waals surface area contributed by atoms with Crippen LogP contribution in [0.15, 0.2) is 54.6 Å². The highest BCUT2D eigenvalue weighted by Crippen LogP contribution is 2.34.